The summed E-state index contributed by atoms with van der Waals surface area (Å²) in [6.07, 6.45) is 3.39. The second kappa shape index (κ2) is 9.68. The minimum absolute atomic E-state index is 0.0569. The van der Waals surface area contributed by atoms with Crippen LogP contribution in [0.3, 0.4) is 0 Å². The molecule has 37 heavy (non-hydrogen) atoms. The summed E-state index contributed by atoms with van der Waals surface area (Å²) in [4.78, 5) is 16.2. The normalized spacial score (nSPS) is 28.7. The van der Waals surface area contributed by atoms with Gasteiger partial charge in [-0.25, -0.2) is 17.2 Å². The fraction of sp³-hybridized carbons (Fsp3) is 0.552. The fourth-order valence-corrected chi connectivity index (χ4v) is 8.43. The summed E-state index contributed by atoms with van der Waals surface area (Å²) in [5, 5.41) is -0.774. The van der Waals surface area contributed by atoms with Gasteiger partial charge in [0.15, 0.2) is 9.84 Å². The van der Waals surface area contributed by atoms with E-state index >= 15 is 0 Å². The van der Waals surface area contributed by atoms with Crippen LogP contribution in [0.2, 0.25) is 0 Å². The average Bonchev–Trinajstić information content (AvgIpc) is 3.21. The van der Waals surface area contributed by atoms with E-state index in [-0.39, 0.29) is 23.3 Å². The number of alkyl halides is 2. The standard InChI is InChI=1S/C29H35F2NO4S/c1-20-6-12-24(13-7-20)37(34,35)26-5-3-4-25(26)27(33)32(18-21-8-10-23(36-2)11-9-21)22-14-16-28(17-15-22)19-29(28,30)31/h6-13,22,25-26H,3-5,14-19H2,1-2H3/t22?,25-,26-,28?/m1/s1. The first kappa shape index (κ1) is 26.1. The summed E-state index contributed by atoms with van der Waals surface area (Å²) in [6, 6.07) is 14.1. The summed E-state index contributed by atoms with van der Waals surface area (Å²) >= 11 is 0. The van der Waals surface area contributed by atoms with Gasteiger partial charge in [0.05, 0.1) is 23.2 Å². The second-order valence-electron chi connectivity index (χ2n) is 11.1. The van der Waals surface area contributed by atoms with Crippen molar-refractivity contribution in [2.24, 2.45) is 11.3 Å². The Morgan fingerprint density at radius 2 is 1.62 bits per heavy atom. The van der Waals surface area contributed by atoms with Crippen LogP contribution in [0.1, 0.15) is 62.5 Å². The highest BCUT2D eigenvalue weighted by atomic mass is 32.2. The third kappa shape index (κ3) is 4.89. The van der Waals surface area contributed by atoms with Crippen molar-refractivity contribution in [1.29, 1.82) is 0 Å². The molecule has 5 nitrogen and oxygen atoms in total. The lowest BCUT2D eigenvalue weighted by Crippen LogP contribution is -2.47. The zero-order chi connectivity index (χ0) is 26.4. The van der Waals surface area contributed by atoms with Gasteiger partial charge in [0.25, 0.3) is 5.92 Å². The Kier molecular flexibility index (Phi) is 6.84. The lowest BCUT2D eigenvalue weighted by Gasteiger charge is -2.39. The summed E-state index contributed by atoms with van der Waals surface area (Å²) in [5.41, 5.74) is 0.977. The van der Waals surface area contributed by atoms with E-state index in [1.165, 1.54) is 0 Å². The summed E-state index contributed by atoms with van der Waals surface area (Å²) in [6.45, 7) is 2.23. The molecular weight excluding hydrogens is 496 g/mol. The van der Waals surface area contributed by atoms with Gasteiger partial charge in [-0.15, -0.1) is 0 Å². The van der Waals surface area contributed by atoms with E-state index in [1.54, 1.807) is 36.3 Å². The van der Waals surface area contributed by atoms with Crippen molar-refractivity contribution in [2.75, 3.05) is 7.11 Å². The number of sulfone groups is 1. The first-order valence-electron chi connectivity index (χ1n) is 13.2. The highest BCUT2D eigenvalue weighted by Crippen LogP contribution is 2.67. The minimum Gasteiger partial charge on any atom is -0.497 e. The quantitative estimate of drug-likeness (QED) is 0.443. The van der Waals surface area contributed by atoms with Crippen LogP contribution >= 0.6 is 0 Å². The number of methoxy groups -OCH3 is 1. The van der Waals surface area contributed by atoms with Gasteiger partial charge in [-0.05, 0) is 75.3 Å². The predicted molar refractivity (Wildman–Crippen MR) is 137 cm³/mol. The summed E-state index contributed by atoms with van der Waals surface area (Å²) < 4.78 is 60.5. The number of hydrogen-bond donors (Lipinski definition) is 0. The Labute approximate surface area is 218 Å². The van der Waals surface area contributed by atoms with Crippen molar-refractivity contribution in [3.63, 3.8) is 0 Å². The number of nitrogens with zero attached hydrogens (tertiary/aromatic N) is 1. The maximum Gasteiger partial charge on any atom is 0.254 e. The number of benzene rings is 2. The average molecular weight is 532 g/mol. The molecule has 0 aromatic heterocycles. The van der Waals surface area contributed by atoms with Crippen LogP contribution in [-0.2, 0) is 21.2 Å². The Morgan fingerprint density at radius 3 is 2.19 bits per heavy atom. The molecule has 0 aliphatic heterocycles. The van der Waals surface area contributed by atoms with Crippen molar-refractivity contribution in [3.05, 3.63) is 59.7 Å². The van der Waals surface area contributed by atoms with Crippen molar-refractivity contribution < 1.29 is 26.7 Å². The third-order valence-electron chi connectivity index (χ3n) is 8.88. The monoisotopic (exact) mass is 531 g/mol. The molecule has 200 valence electrons. The van der Waals surface area contributed by atoms with Gasteiger partial charge in [0.1, 0.15) is 5.75 Å². The van der Waals surface area contributed by atoms with E-state index in [4.69, 9.17) is 4.74 Å². The molecular formula is C29H35F2NO4S. The Balaban J connectivity index is 1.40. The van der Waals surface area contributed by atoms with Crippen molar-refractivity contribution in [2.45, 2.75) is 86.9 Å². The van der Waals surface area contributed by atoms with E-state index in [1.807, 2.05) is 31.2 Å². The van der Waals surface area contributed by atoms with Gasteiger partial charge in [0.2, 0.25) is 5.91 Å². The first-order valence-corrected chi connectivity index (χ1v) is 14.7. The molecule has 5 rings (SSSR count). The molecule has 0 saturated heterocycles. The largest absolute Gasteiger partial charge is 0.497 e. The lowest BCUT2D eigenvalue weighted by molar-refractivity contribution is -0.139. The highest BCUT2D eigenvalue weighted by Gasteiger charge is 2.70. The van der Waals surface area contributed by atoms with E-state index < -0.39 is 32.3 Å². The molecule has 0 unspecified atom stereocenters. The highest BCUT2D eigenvalue weighted by molar-refractivity contribution is 7.92. The second-order valence-corrected chi connectivity index (χ2v) is 13.3. The molecule has 1 amide bonds. The van der Waals surface area contributed by atoms with Crippen molar-refractivity contribution in [1.82, 2.24) is 4.90 Å². The van der Waals surface area contributed by atoms with Crippen LogP contribution in [0.25, 0.3) is 0 Å². The molecule has 1 spiro atoms. The number of halogens is 2. The topological polar surface area (TPSA) is 63.7 Å². The number of carbonyl (C=O) groups is 1. The summed E-state index contributed by atoms with van der Waals surface area (Å²) in [7, 11) is -2.09. The predicted octanol–water partition coefficient (Wildman–Crippen LogP) is 5.94. The van der Waals surface area contributed by atoms with Gasteiger partial charge in [0, 0.05) is 24.4 Å². The van der Waals surface area contributed by atoms with Crippen LogP contribution in [-0.4, -0.2) is 43.5 Å². The number of ether oxygens (including phenoxy) is 1. The maximum atomic E-state index is 14.1. The molecule has 2 aromatic carbocycles. The van der Waals surface area contributed by atoms with E-state index in [0.29, 0.717) is 57.2 Å². The lowest BCUT2D eigenvalue weighted by atomic mass is 9.81. The molecule has 0 N–H and O–H groups in total. The molecule has 2 atom stereocenters. The SMILES string of the molecule is COc1ccc(CN(C(=O)[C@@H]2CCC[C@H]2S(=O)(=O)c2ccc(C)cc2)C2CCC3(CC2)CC3(F)F)cc1. The van der Waals surface area contributed by atoms with E-state index in [2.05, 4.69) is 0 Å². The molecule has 3 saturated carbocycles. The van der Waals surface area contributed by atoms with Crippen LogP contribution < -0.4 is 4.74 Å². The smallest absolute Gasteiger partial charge is 0.254 e. The maximum absolute atomic E-state index is 14.1. The molecule has 0 heterocycles. The third-order valence-corrected chi connectivity index (χ3v) is 11.2. The van der Waals surface area contributed by atoms with Gasteiger partial charge < -0.3 is 9.64 Å². The van der Waals surface area contributed by atoms with Gasteiger partial charge in [-0.2, -0.15) is 0 Å². The number of aryl methyl sites for hydroxylation is 1. The Hall–Kier alpha value is -2.48. The molecule has 3 aliphatic carbocycles. The fourth-order valence-electron chi connectivity index (χ4n) is 6.40. The van der Waals surface area contributed by atoms with Gasteiger partial charge >= 0.3 is 0 Å². The van der Waals surface area contributed by atoms with E-state index in [0.717, 1.165) is 11.1 Å². The molecule has 0 radical (unpaired) electrons. The zero-order valence-electron chi connectivity index (χ0n) is 21.5. The number of rotatable bonds is 7. The molecule has 3 fully saturated rings. The van der Waals surface area contributed by atoms with Crippen molar-refractivity contribution >= 4 is 15.7 Å². The van der Waals surface area contributed by atoms with Crippen LogP contribution in [0.4, 0.5) is 8.78 Å². The molecule has 8 heteroatoms. The number of amides is 1. The van der Waals surface area contributed by atoms with Gasteiger partial charge in [-0.3, -0.25) is 4.79 Å². The summed E-state index contributed by atoms with van der Waals surface area (Å²) in [5.74, 6) is -2.70. The zero-order valence-corrected chi connectivity index (χ0v) is 22.3. The van der Waals surface area contributed by atoms with Crippen molar-refractivity contribution in [3.8, 4) is 5.75 Å². The molecule has 2 aromatic rings. The minimum atomic E-state index is -3.68. The van der Waals surface area contributed by atoms with Crippen LogP contribution in [0, 0.1) is 18.3 Å². The molecule has 0 bridgehead atoms. The van der Waals surface area contributed by atoms with Crippen LogP contribution in [0.5, 0.6) is 5.75 Å². The van der Waals surface area contributed by atoms with Gasteiger partial charge in [-0.1, -0.05) is 36.2 Å². The Bertz CT molecular complexity index is 1240. The Morgan fingerprint density at radius 1 is 1.00 bits per heavy atom. The van der Waals surface area contributed by atoms with Crippen LogP contribution in [0.15, 0.2) is 53.4 Å². The number of hydrogen-bond acceptors (Lipinski definition) is 4. The molecule has 3 aliphatic rings. The number of carbonyl (C=O) groups excluding carboxylic acids is 1. The first-order chi connectivity index (χ1) is 17.6. The van der Waals surface area contributed by atoms with E-state index in [9.17, 15) is 22.0 Å².